The third kappa shape index (κ3) is 3.58. The fraction of sp³-hybridized carbons (Fsp3) is 0.0714. The minimum Gasteiger partial charge on any atom is -0.490 e. The Hall–Kier alpha value is -3.20. The second-order valence-corrected chi connectivity index (χ2v) is 4.93. The van der Waals surface area contributed by atoms with Gasteiger partial charge in [-0.1, -0.05) is 11.6 Å². The molecule has 1 amide bonds. The van der Waals surface area contributed by atoms with Crippen LogP contribution < -0.4 is 10.1 Å². The van der Waals surface area contributed by atoms with E-state index >= 15 is 0 Å². The predicted octanol–water partition coefficient (Wildman–Crippen LogP) is 3.42. The minimum atomic E-state index is -0.705. The number of rotatable bonds is 5. The topological polar surface area (TPSA) is 125 Å². The third-order valence-corrected chi connectivity index (χ3v) is 3.38. The number of hydrogen-bond acceptors (Lipinski definition) is 6. The van der Waals surface area contributed by atoms with Gasteiger partial charge < -0.3 is 10.1 Å². The van der Waals surface area contributed by atoms with Gasteiger partial charge in [0, 0.05) is 23.8 Å². The summed E-state index contributed by atoms with van der Waals surface area (Å²) >= 11 is 5.90. The number of anilines is 1. The van der Waals surface area contributed by atoms with Crippen molar-refractivity contribution in [1.29, 1.82) is 0 Å². The van der Waals surface area contributed by atoms with Crippen LogP contribution in [0.25, 0.3) is 0 Å². The molecule has 0 fully saturated rings. The van der Waals surface area contributed by atoms with E-state index in [0.29, 0.717) is 0 Å². The zero-order chi connectivity index (χ0) is 17.9. The first kappa shape index (κ1) is 17.2. The van der Waals surface area contributed by atoms with Crippen molar-refractivity contribution in [2.75, 3.05) is 12.4 Å². The molecule has 2 rings (SSSR count). The highest BCUT2D eigenvalue weighted by Gasteiger charge is 2.19. The smallest absolute Gasteiger partial charge is 0.311 e. The molecule has 0 radical (unpaired) electrons. The second kappa shape index (κ2) is 6.92. The lowest BCUT2D eigenvalue weighted by atomic mass is 10.1. The van der Waals surface area contributed by atoms with Crippen LogP contribution in [0.4, 0.5) is 17.1 Å². The van der Waals surface area contributed by atoms with Crippen molar-refractivity contribution in [2.45, 2.75) is 0 Å². The maximum atomic E-state index is 12.2. The van der Waals surface area contributed by atoms with Gasteiger partial charge in [0.05, 0.1) is 27.7 Å². The van der Waals surface area contributed by atoms with Crippen molar-refractivity contribution in [3.8, 4) is 5.75 Å². The van der Waals surface area contributed by atoms with Gasteiger partial charge in [0.2, 0.25) is 0 Å². The average Bonchev–Trinajstić information content (AvgIpc) is 2.55. The number of amides is 1. The van der Waals surface area contributed by atoms with Crippen molar-refractivity contribution in [1.82, 2.24) is 0 Å². The number of nitro groups is 2. The maximum absolute atomic E-state index is 12.2. The van der Waals surface area contributed by atoms with Crippen LogP contribution in [0.5, 0.6) is 5.75 Å². The highest BCUT2D eigenvalue weighted by molar-refractivity contribution is 6.34. The van der Waals surface area contributed by atoms with E-state index in [-0.39, 0.29) is 33.4 Å². The summed E-state index contributed by atoms with van der Waals surface area (Å²) in [5.41, 5.74) is -0.634. The molecule has 0 aromatic heterocycles. The lowest BCUT2D eigenvalue weighted by Gasteiger charge is -2.08. The molecule has 0 atom stereocenters. The molecule has 0 saturated carbocycles. The second-order valence-electron chi connectivity index (χ2n) is 4.52. The molecule has 1 N–H and O–H groups in total. The molecule has 10 heteroatoms. The molecule has 0 unspecified atom stereocenters. The molecule has 0 heterocycles. The van der Waals surface area contributed by atoms with Crippen LogP contribution in [0.2, 0.25) is 5.02 Å². The van der Waals surface area contributed by atoms with Crippen LogP contribution in [0.3, 0.4) is 0 Å². The standard InChI is InChI=1S/C14H10ClN3O6/c1-24-13-5-2-8(6-12(13)18(22)23)14(19)16-11-7-9(17(20)21)3-4-10(11)15/h2-7H,1H3,(H,16,19). The molecule has 0 aliphatic heterocycles. The Morgan fingerprint density at radius 2 is 1.83 bits per heavy atom. The van der Waals surface area contributed by atoms with Gasteiger partial charge in [-0.2, -0.15) is 0 Å². The molecule has 2 aromatic rings. The summed E-state index contributed by atoms with van der Waals surface area (Å²) in [4.78, 5) is 32.7. The summed E-state index contributed by atoms with van der Waals surface area (Å²) in [6.07, 6.45) is 0. The van der Waals surface area contributed by atoms with E-state index in [2.05, 4.69) is 5.32 Å². The van der Waals surface area contributed by atoms with Crippen molar-refractivity contribution in [2.24, 2.45) is 0 Å². The van der Waals surface area contributed by atoms with Gasteiger partial charge in [-0.25, -0.2) is 0 Å². The van der Waals surface area contributed by atoms with Crippen LogP contribution >= 0.6 is 11.6 Å². The summed E-state index contributed by atoms with van der Waals surface area (Å²) < 4.78 is 4.85. The summed E-state index contributed by atoms with van der Waals surface area (Å²) in [5, 5.41) is 24.2. The first-order valence-corrected chi connectivity index (χ1v) is 6.79. The number of benzene rings is 2. The lowest BCUT2D eigenvalue weighted by Crippen LogP contribution is -2.13. The van der Waals surface area contributed by atoms with Gasteiger partial charge in [0.1, 0.15) is 0 Å². The van der Waals surface area contributed by atoms with E-state index in [1.54, 1.807) is 0 Å². The average molecular weight is 352 g/mol. The number of methoxy groups -OCH3 is 1. The number of hydrogen-bond donors (Lipinski definition) is 1. The first-order chi connectivity index (χ1) is 11.3. The van der Waals surface area contributed by atoms with Crippen LogP contribution in [0, 0.1) is 20.2 Å². The highest BCUT2D eigenvalue weighted by Crippen LogP contribution is 2.30. The maximum Gasteiger partial charge on any atom is 0.311 e. The van der Waals surface area contributed by atoms with Crippen LogP contribution in [-0.4, -0.2) is 22.9 Å². The molecule has 0 bridgehead atoms. The summed E-state index contributed by atoms with van der Waals surface area (Å²) in [7, 11) is 1.27. The Balaban J connectivity index is 2.34. The monoisotopic (exact) mass is 351 g/mol. The highest BCUT2D eigenvalue weighted by atomic mass is 35.5. The van der Waals surface area contributed by atoms with Gasteiger partial charge >= 0.3 is 5.69 Å². The SMILES string of the molecule is COc1ccc(C(=O)Nc2cc([N+](=O)[O-])ccc2Cl)cc1[N+](=O)[O-]. The van der Waals surface area contributed by atoms with Crippen LogP contribution in [0.15, 0.2) is 36.4 Å². The Morgan fingerprint density at radius 3 is 2.42 bits per heavy atom. The summed E-state index contributed by atoms with van der Waals surface area (Å²) in [6.45, 7) is 0. The number of non-ortho nitro benzene ring substituents is 1. The van der Waals surface area contributed by atoms with Crippen LogP contribution in [-0.2, 0) is 0 Å². The first-order valence-electron chi connectivity index (χ1n) is 6.41. The van der Waals surface area contributed by atoms with E-state index < -0.39 is 15.8 Å². The van der Waals surface area contributed by atoms with Gasteiger partial charge in [-0.05, 0) is 18.2 Å². The molecule has 0 saturated heterocycles. The van der Waals surface area contributed by atoms with Crippen molar-refractivity contribution >= 4 is 34.6 Å². The molecule has 124 valence electrons. The van der Waals surface area contributed by atoms with Crippen molar-refractivity contribution < 1.29 is 19.4 Å². The number of carbonyl (C=O) groups excluding carboxylic acids is 1. The molecular weight excluding hydrogens is 342 g/mol. The van der Waals surface area contributed by atoms with Gasteiger partial charge in [0.15, 0.2) is 5.75 Å². The number of nitrogens with one attached hydrogen (secondary N) is 1. The molecule has 9 nitrogen and oxygen atoms in total. The Kier molecular flexibility index (Phi) is 4.95. The number of nitrogens with zero attached hydrogens (tertiary/aromatic N) is 2. The zero-order valence-corrected chi connectivity index (χ0v) is 12.9. The number of carbonyl (C=O) groups is 1. The molecule has 0 aliphatic carbocycles. The van der Waals surface area contributed by atoms with E-state index in [0.717, 1.165) is 12.1 Å². The normalized spacial score (nSPS) is 10.1. The third-order valence-electron chi connectivity index (χ3n) is 3.05. The predicted molar refractivity (Wildman–Crippen MR) is 85.7 cm³/mol. The Morgan fingerprint density at radius 1 is 1.12 bits per heavy atom. The molecule has 24 heavy (non-hydrogen) atoms. The van der Waals surface area contributed by atoms with Crippen LogP contribution in [0.1, 0.15) is 10.4 Å². The minimum absolute atomic E-state index is 0.00457. The van der Waals surface area contributed by atoms with Gasteiger partial charge in [0.25, 0.3) is 11.6 Å². The number of ether oxygens (including phenoxy) is 1. The number of nitro benzene ring substituents is 2. The Bertz CT molecular complexity index is 839. The van der Waals surface area contributed by atoms with Gasteiger partial charge in [-0.3, -0.25) is 25.0 Å². The van der Waals surface area contributed by atoms with E-state index in [4.69, 9.17) is 16.3 Å². The summed E-state index contributed by atoms with van der Waals surface area (Å²) in [5.74, 6) is -0.701. The van der Waals surface area contributed by atoms with Crippen molar-refractivity contribution in [3.63, 3.8) is 0 Å². The largest absolute Gasteiger partial charge is 0.490 e. The van der Waals surface area contributed by atoms with E-state index in [9.17, 15) is 25.0 Å². The fourth-order valence-electron chi connectivity index (χ4n) is 1.89. The molecule has 0 spiro atoms. The molecule has 0 aliphatic rings. The number of halogens is 1. The molecular formula is C14H10ClN3O6. The zero-order valence-electron chi connectivity index (χ0n) is 12.2. The van der Waals surface area contributed by atoms with Gasteiger partial charge in [-0.15, -0.1) is 0 Å². The summed E-state index contributed by atoms with van der Waals surface area (Å²) in [6, 6.07) is 7.20. The lowest BCUT2D eigenvalue weighted by molar-refractivity contribution is -0.385. The fourth-order valence-corrected chi connectivity index (χ4v) is 2.06. The molecule has 2 aromatic carbocycles. The van der Waals surface area contributed by atoms with E-state index in [1.165, 1.54) is 31.4 Å². The van der Waals surface area contributed by atoms with E-state index in [1.807, 2.05) is 0 Å². The quantitative estimate of drug-likeness (QED) is 0.650. The van der Waals surface area contributed by atoms with Crippen molar-refractivity contribution in [3.05, 3.63) is 67.2 Å². The Labute approximate surface area is 140 Å².